The number of alkyl halides is 2. The van der Waals surface area contributed by atoms with Crippen LogP contribution in [0.1, 0.15) is 24.2 Å². The van der Waals surface area contributed by atoms with Crippen molar-refractivity contribution < 1.29 is 13.2 Å². The topological polar surface area (TPSA) is 69.1 Å². The molecule has 0 atom stereocenters. The molecule has 1 aliphatic rings. The highest BCUT2D eigenvalue weighted by Crippen LogP contribution is 2.42. The van der Waals surface area contributed by atoms with Crippen LogP contribution in [0.3, 0.4) is 0 Å². The molecule has 156 valence electrons. The first kappa shape index (κ1) is 20.1. The van der Waals surface area contributed by atoms with E-state index < -0.39 is 11.7 Å². The lowest BCUT2D eigenvalue weighted by molar-refractivity contribution is -0.107. The lowest BCUT2D eigenvalue weighted by Gasteiger charge is -2.33. The average Bonchev–Trinajstić information content (AvgIpc) is 2.97. The fraction of sp³-hybridized carbons (Fsp3) is 0.318. The molecule has 0 spiro atoms. The first-order chi connectivity index (χ1) is 14.3. The number of allylic oxidation sites excluding steroid dienone is 1. The van der Waals surface area contributed by atoms with Gasteiger partial charge in [-0.05, 0) is 31.0 Å². The zero-order chi connectivity index (χ0) is 21.5. The molecule has 2 aromatic heterocycles. The van der Waals surface area contributed by atoms with Gasteiger partial charge in [0.15, 0.2) is 0 Å². The van der Waals surface area contributed by atoms with Crippen molar-refractivity contribution in [2.75, 3.05) is 6.54 Å². The minimum atomic E-state index is -2.57. The van der Waals surface area contributed by atoms with Crippen LogP contribution in [0, 0.1) is 18.7 Å². The molecule has 1 aliphatic carbocycles. The van der Waals surface area contributed by atoms with Crippen molar-refractivity contribution in [3.05, 3.63) is 53.9 Å². The standard InChI is InChI=1S/C22H22F3N5/c1-13-29-19-5-15(3-4-20(19)30(13)2)21-18(6-17(23)12-28-21)16(9-26)11-27-10-14-7-22(24,25)8-14/h3-6,9,11-12,14H,7-8,10,26H2,1-2H3. The normalized spacial score (nSPS) is 17.0. The van der Waals surface area contributed by atoms with Gasteiger partial charge in [0.05, 0.1) is 22.9 Å². The van der Waals surface area contributed by atoms with Crippen molar-refractivity contribution in [3.63, 3.8) is 0 Å². The summed E-state index contributed by atoms with van der Waals surface area (Å²) in [5.74, 6) is -2.34. The van der Waals surface area contributed by atoms with E-state index in [1.165, 1.54) is 18.5 Å². The first-order valence-corrected chi connectivity index (χ1v) is 9.66. The highest BCUT2D eigenvalue weighted by molar-refractivity contribution is 6.11. The summed E-state index contributed by atoms with van der Waals surface area (Å²) in [5, 5.41) is 0. The zero-order valence-electron chi connectivity index (χ0n) is 16.7. The maximum absolute atomic E-state index is 14.0. The molecular weight excluding hydrogens is 391 g/mol. The predicted molar refractivity (Wildman–Crippen MR) is 112 cm³/mol. The summed E-state index contributed by atoms with van der Waals surface area (Å²) in [4.78, 5) is 13.1. The number of hydrogen-bond donors (Lipinski definition) is 1. The molecule has 0 amide bonds. The number of nitrogens with two attached hydrogens (primary N) is 1. The fourth-order valence-electron chi connectivity index (χ4n) is 3.77. The lowest BCUT2D eigenvalue weighted by atomic mass is 9.81. The van der Waals surface area contributed by atoms with Gasteiger partial charge in [-0.3, -0.25) is 9.98 Å². The minimum Gasteiger partial charge on any atom is -0.404 e. The van der Waals surface area contributed by atoms with Crippen molar-refractivity contribution >= 4 is 22.8 Å². The van der Waals surface area contributed by atoms with E-state index >= 15 is 0 Å². The monoisotopic (exact) mass is 413 g/mol. The molecule has 3 aromatic rings. The molecule has 1 fully saturated rings. The van der Waals surface area contributed by atoms with Crippen molar-refractivity contribution in [2.45, 2.75) is 25.7 Å². The quantitative estimate of drug-likeness (QED) is 0.626. The number of aliphatic imine (C=N–C) groups is 1. The number of halogens is 3. The summed E-state index contributed by atoms with van der Waals surface area (Å²) in [5.41, 5.74) is 9.83. The van der Waals surface area contributed by atoms with Gasteiger partial charge in [-0.15, -0.1) is 0 Å². The lowest BCUT2D eigenvalue weighted by Crippen LogP contribution is -2.36. The SMILES string of the molecule is Cc1nc2cc(-c3ncc(F)cc3C(C=NCC3CC(F)(F)C3)=CN)ccc2n1C. The third kappa shape index (κ3) is 3.81. The third-order valence-electron chi connectivity index (χ3n) is 5.49. The van der Waals surface area contributed by atoms with Gasteiger partial charge in [-0.1, -0.05) is 6.07 Å². The Labute approximate surface area is 172 Å². The summed E-state index contributed by atoms with van der Waals surface area (Å²) >= 11 is 0. The zero-order valence-corrected chi connectivity index (χ0v) is 16.7. The number of nitrogens with zero attached hydrogens (tertiary/aromatic N) is 4. The largest absolute Gasteiger partial charge is 0.404 e. The Bertz CT molecular complexity index is 1160. The number of fused-ring (bicyclic) bond motifs is 1. The highest BCUT2D eigenvalue weighted by Gasteiger charge is 2.44. The molecule has 0 saturated heterocycles. The Morgan fingerprint density at radius 1 is 1.33 bits per heavy atom. The van der Waals surface area contributed by atoms with E-state index in [4.69, 9.17) is 5.73 Å². The van der Waals surface area contributed by atoms with Crippen LogP contribution in [0.5, 0.6) is 0 Å². The molecular formula is C22H22F3N5. The maximum atomic E-state index is 14.0. The van der Waals surface area contributed by atoms with Crippen LogP contribution in [-0.2, 0) is 7.05 Å². The van der Waals surface area contributed by atoms with Crippen molar-refractivity contribution in [1.82, 2.24) is 14.5 Å². The average molecular weight is 413 g/mol. The summed E-state index contributed by atoms with van der Waals surface area (Å²) in [6.45, 7) is 2.20. The van der Waals surface area contributed by atoms with Crippen molar-refractivity contribution in [3.8, 4) is 11.3 Å². The van der Waals surface area contributed by atoms with Gasteiger partial charge >= 0.3 is 0 Å². The van der Waals surface area contributed by atoms with Crippen LogP contribution < -0.4 is 5.73 Å². The molecule has 30 heavy (non-hydrogen) atoms. The number of hydrogen-bond acceptors (Lipinski definition) is 4. The van der Waals surface area contributed by atoms with Crippen molar-refractivity contribution in [1.29, 1.82) is 0 Å². The van der Waals surface area contributed by atoms with E-state index in [9.17, 15) is 13.2 Å². The smallest absolute Gasteiger partial charge is 0.248 e. The molecule has 0 aliphatic heterocycles. The van der Waals surface area contributed by atoms with Crippen LogP contribution >= 0.6 is 0 Å². The van der Waals surface area contributed by atoms with E-state index in [0.29, 0.717) is 16.8 Å². The van der Waals surface area contributed by atoms with Gasteiger partial charge in [0, 0.05) is 55.5 Å². The fourth-order valence-corrected chi connectivity index (χ4v) is 3.77. The second-order valence-electron chi connectivity index (χ2n) is 7.72. The van der Waals surface area contributed by atoms with Gasteiger partial charge in [0.25, 0.3) is 0 Å². The summed E-state index contributed by atoms with van der Waals surface area (Å²) in [6.07, 6.45) is 3.67. The molecule has 2 heterocycles. The van der Waals surface area contributed by atoms with Gasteiger partial charge in [-0.2, -0.15) is 0 Å². The van der Waals surface area contributed by atoms with E-state index in [1.54, 1.807) is 0 Å². The van der Waals surface area contributed by atoms with Crippen LogP contribution in [0.4, 0.5) is 13.2 Å². The molecule has 4 rings (SSSR count). The molecule has 0 bridgehead atoms. The second-order valence-corrected chi connectivity index (χ2v) is 7.72. The van der Waals surface area contributed by atoms with Crippen LogP contribution in [-0.4, -0.2) is 33.2 Å². The minimum absolute atomic E-state index is 0.143. The Kier molecular flexibility index (Phi) is 5.09. The van der Waals surface area contributed by atoms with Gasteiger partial charge in [-0.25, -0.2) is 18.2 Å². The Hall–Kier alpha value is -3.16. The summed E-state index contributed by atoms with van der Waals surface area (Å²) in [6, 6.07) is 7.08. The molecule has 1 saturated carbocycles. The Balaban J connectivity index is 1.66. The number of aromatic nitrogens is 3. The van der Waals surface area contributed by atoms with Crippen LogP contribution in [0.2, 0.25) is 0 Å². The van der Waals surface area contributed by atoms with Gasteiger partial charge in [0.2, 0.25) is 5.92 Å². The summed E-state index contributed by atoms with van der Waals surface area (Å²) < 4.78 is 42.0. The number of imidazole rings is 1. The third-order valence-corrected chi connectivity index (χ3v) is 5.49. The molecule has 0 radical (unpaired) electrons. The van der Waals surface area contributed by atoms with Crippen LogP contribution in [0.25, 0.3) is 27.9 Å². The van der Waals surface area contributed by atoms with E-state index in [-0.39, 0.29) is 25.3 Å². The highest BCUT2D eigenvalue weighted by atomic mass is 19.3. The maximum Gasteiger partial charge on any atom is 0.248 e. The number of rotatable bonds is 5. The summed E-state index contributed by atoms with van der Waals surface area (Å²) in [7, 11) is 1.94. The Morgan fingerprint density at radius 2 is 2.10 bits per heavy atom. The van der Waals surface area contributed by atoms with Crippen LogP contribution in [0.15, 0.2) is 41.7 Å². The van der Waals surface area contributed by atoms with E-state index in [1.807, 2.05) is 36.7 Å². The number of pyridine rings is 1. The molecule has 1 aromatic carbocycles. The first-order valence-electron chi connectivity index (χ1n) is 9.66. The van der Waals surface area contributed by atoms with Gasteiger partial charge in [0.1, 0.15) is 11.6 Å². The Morgan fingerprint density at radius 3 is 2.80 bits per heavy atom. The second kappa shape index (κ2) is 7.59. The molecule has 2 N–H and O–H groups in total. The molecule has 0 unspecified atom stereocenters. The predicted octanol–water partition coefficient (Wildman–Crippen LogP) is 4.50. The van der Waals surface area contributed by atoms with Gasteiger partial charge < -0.3 is 10.3 Å². The number of benzene rings is 1. The van der Waals surface area contributed by atoms with E-state index in [2.05, 4.69) is 15.0 Å². The van der Waals surface area contributed by atoms with Crippen molar-refractivity contribution in [2.24, 2.45) is 23.7 Å². The van der Waals surface area contributed by atoms with E-state index in [0.717, 1.165) is 28.6 Å². The molecule has 5 nitrogen and oxygen atoms in total. The molecule has 8 heteroatoms. The number of aryl methyl sites for hydroxylation is 2.